The average molecular weight is 287 g/mol. The second-order valence-corrected chi connectivity index (χ2v) is 4.72. The number of carbonyl (C=O) groups is 4. The molecule has 0 unspecified atom stereocenters. The molecule has 0 radical (unpaired) electrons. The van der Waals surface area contributed by atoms with E-state index in [0.29, 0.717) is 0 Å². The molecule has 19 heavy (non-hydrogen) atoms. The van der Waals surface area contributed by atoms with Gasteiger partial charge in [0.2, 0.25) is 0 Å². The maximum absolute atomic E-state index is 11.7. The Balaban J connectivity index is 2.05. The van der Waals surface area contributed by atoms with Crippen molar-refractivity contribution in [3.8, 4) is 0 Å². The minimum Gasteiger partial charge on any atom is -0.267 e. The van der Waals surface area contributed by atoms with E-state index in [1.807, 2.05) is 0 Å². The van der Waals surface area contributed by atoms with E-state index in [9.17, 15) is 23.7 Å². The van der Waals surface area contributed by atoms with E-state index in [2.05, 4.69) is 9.25 Å². The predicted octanol–water partition coefficient (Wildman–Crippen LogP) is -1.23. The SMILES string of the molecule is NP(=O)(ON1C(=O)C=CC1=O)ON1C(=O)C=CC1=O. The zero-order valence-corrected chi connectivity index (χ0v) is 9.98. The summed E-state index contributed by atoms with van der Waals surface area (Å²) in [6.07, 6.45) is 3.43. The van der Waals surface area contributed by atoms with E-state index in [1.54, 1.807) is 0 Å². The van der Waals surface area contributed by atoms with Crippen molar-refractivity contribution in [1.82, 2.24) is 10.1 Å². The molecule has 0 aromatic heterocycles. The number of carbonyl (C=O) groups excluding carboxylic acids is 4. The third kappa shape index (κ3) is 2.66. The van der Waals surface area contributed by atoms with Crippen LogP contribution in [-0.4, -0.2) is 33.8 Å². The van der Waals surface area contributed by atoms with Crippen molar-refractivity contribution >= 4 is 31.4 Å². The lowest BCUT2D eigenvalue weighted by Gasteiger charge is -2.21. The van der Waals surface area contributed by atoms with Crippen molar-refractivity contribution in [3.05, 3.63) is 24.3 Å². The van der Waals surface area contributed by atoms with Crippen LogP contribution in [0.2, 0.25) is 0 Å². The molecule has 100 valence electrons. The van der Waals surface area contributed by atoms with Gasteiger partial charge in [-0.3, -0.25) is 19.2 Å². The van der Waals surface area contributed by atoms with Gasteiger partial charge in [0.05, 0.1) is 0 Å². The van der Waals surface area contributed by atoms with Gasteiger partial charge >= 0.3 is 7.75 Å². The van der Waals surface area contributed by atoms with Crippen molar-refractivity contribution in [1.29, 1.82) is 0 Å². The Morgan fingerprint density at radius 3 is 1.32 bits per heavy atom. The number of hydrogen-bond acceptors (Lipinski definition) is 7. The first kappa shape index (κ1) is 13.3. The summed E-state index contributed by atoms with van der Waals surface area (Å²) in [4.78, 5) is 44.5. The van der Waals surface area contributed by atoms with Crippen LogP contribution in [0.4, 0.5) is 0 Å². The smallest absolute Gasteiger partial charge is 0.267 e. The molecule has 0 saturated heterocycles. The lowest BCUT2D eigenvalue weighted by molar-refractivity contribution is -0.175. The highest BCUT2D eigenvalue weighted by Crippen LogP contribution is 2.42. The van der Waals surface area contributed by atoms with Gasteiger partial charge in [-0.1, -0.05) is 0 Å². The van der Waals surface area contributed by atoms with Gasteiger partial charge in [0, 0.05) is 24.3 Å². The van der Waals surface area contributed by atoms with Crippen molar-refractivity contribution in [2.24, 2.45) is 5.50 Å². The number of imide groups is 2. The molecule has 0 fully saturated rings. The summed E-state index contributed by atoms with van der Waals surface area (Å²) in [7, 11) is -4.55. The molecule has 0 bridgehead atoms. The molecule has 2 aliphatic rings. The molecule has 2 N–H and O–H groups in total. The Labute approximate surface area is 105 Å². The van der Waals surface area contributed by atoms with E-state index >= 15 is 0 Å². The Morgan fingerprint density at radius 2 is 1.05 bits per heavy atom. The molecular weight excluding hydrogens is 281 g/mol. The molecular formula is C8H6N3O7P. The lowest BCUT2D eigenvalue weighted by atomic mass is 10.6. The summed E-state index contributed by atoms with van der Waals surface area (Å²) in [5.74, 6) is -3.68. The largest absolute Gasteiger partial charge is 0.446 e. The quantitative estimate of drug-likeness (QED) is 0.501. The number of nitrogens with zero attached hydrogens (tertiary/aromatic N) is 2. The third-order valence-corrected chi connectivity index (χ3v) is 2.71. The van der Waals surface area contributed by atoms with Crippen LogP contribution in [-0.2, 0) is 33.0 Å². The topological polar surface area (TPSA) is 136 Å². The normalized spacial score (nSPS) is 19.2. The Hall–Kier alpha value is -2.13. The number of rotatable bonds is 4. The third-order valence-electron chi connectivity index (χ3n) is 1.93. The standard InChI is InChI=1S/C8H6N3O7P/c9-19(16,17-10-5(12)1-2-6(10)13)18-11-7(14)3-4-8(11)15/h1-4H,(H2,9,16). The highest BCUT2D eigenvalue weighted by atomic mass is 31.2. The molecule has 0 aliphatic carbocycles. The Morgan fingerprint density at radius 1 is 0.789 bits per heavy atom. The fourth-order valence-electron chi connectivity index (χ4n) is 1.18. The van der Waals surface area contributed by atoms with E-state index < -0.39 is 31.4 Å². The Kier molecular flexibility index (Phi) is 3.16. The van der Waals surface area contributed by atoms with E-state index in [0.717, 1.165) is 24.3 Å². The minimum atomic E-state index is -4.55. The van der Waals surface area contributed by atoms with E-state index in [1.165, 1.54) is 0 Å². The molecule has 2 rings (SSSR count). The molecule has 10 nitrogen and oxygen atoms in total. The second-order valence-electron chi connectivity index (χ2n) is 3.31. The highest BCUT2D eigenvalue weighted by Gasteiger charge is 2.38. The first-order chi connectivity index (χ1) is 8.80. The first-order valence-corrected chi connectivity index (χ1v) is 6.32. The van der Waals surface area contributed by atoms with Gasteiger partial charge in [0.1, 0.15) is 0 Å². The lowest BCUT2D eigenvalue weighted by Crippen LogP contribution is -2.35. The van der Waals surface area contributed by atoms with E-state index in [-0.39, 0.29) is 10.1 Å². The second kappa shape index (κ2) is 4.52. The monoisotopic (exact) mass is 287 g/mol. The molecule has 11 heteroatoms. The highest BCUT2D eigenvalue weighted by molar-refractivity contribution is 7.51. The fourth-order valence-corrected chi connectivity index (χ4v) is 1.98. The average Bonchev–Trinajstić information content (AvgIpc) is 2.79. The van der Waals surface area contributed by atoms with Gasteiger partial charge in [-0.2, -0.15) is 9.25 Å². The molecule has 0 spiro atoms. The number of hydroxylamine groups is 4. The molecule has 2 aliphatic heterocycles. The fraction of sp³-hybridized carbons (Fsp3) is 0. The van der Waals surface area contributed by atoms with Crippen LogP contribution in [0.5, 0.6) is 0 Å². The van der Waals surface area contributed by atoms with E-state index in [4.69, 9.17) is 5.50 Å². The molecule has 0 aromatic rings. The van der Waals surface area contributed by atoms with Crippen LogP contribution in [0.1, 0.15) is 0 Å². The molecule has 0 saturated carbocycles. The van der Waals surface area contributed by atoms with Crippen LogP contribution in [0.3, 0.4) is 0 Å². The van der Waals surface area contributed by atoms with Gasteiger partial charge in [-0.25, -0.2) is 10.1 Å². The predicted molar refractivity (Wildman–Crippen MR) is 55.9 cm³/mol. The zero-order chi connectivity index (χ0) is 14.2. The van der Waals surface area contributed by atoms with Crippen molar-refractivity contribution < 1.29 is 33.0 Å². The summed E-state index contributed by atoms with van der Waals surface area (Å²) in [5, 5.41) is 0.193. The molecule has 2 heterocycles. The van der Waals surface area contributed by atoms with Crippen molar-refractivity contribution in [2.75, 3.05) is 0 Å². The van der Waals surface area contributed by atoms with Gasteiger partial charge in [0.25, 0.3) is 23.6 Å². The van der Waals surface area contributed by atoms with Crippen LogP contribution in [0.25, 0.3) is 0 Å². The molecule has 0 aromatic carbocycles. The maximum atomic E-state index is 11.7. The van der Waals surface area contributed by atoms with Gasteiger partial charge in [-0.05, 0) is 0 Å². The summed E-state index contributed by atoms with van der Waals surface area (Å²) in [6.45, 7) is 0. The van der Waals surface area contributed by atoms with Crippen molar-refractivity contribution in [3.63, 3.8) is 0 Å². The van der Waals surface area contributed by atoms with Gasteiger partial charge in [-0.15, -0.1) is 10.1 Å². The van der Waals surface area contributed by atoms with Gasteiger partial charge in [0.15, 0.2) is 0 Å². The van der Waals surface area contributed by atoms with Crippen LogP contribution < -0.4 is 5.50 Å². The number of nitrogens with two attached hydrogens (primary N) is 1. The number of amides is 4. The van der Waals surface area contributed by atoms with Crippen LogP contribution >= 0.6 is 7.75 Å². The summed E-state index contributed by atoms with van der Waals surface area (Å²) in [5.41, 5.74) is 5.09. The number of hydrogen-bond donors (Lipinski definition) is 1. The summed E-state index contributed by atoms with van der Waals surface area (Å²) < 4.78 is 20.5. The van der Waals surface area contributed by atoms with Gasteiger partial charge < -0.3 is 0 Å². The molecule has 0 atom stereocenters. The van der Waals surface area contributed by atoms with Crippen LogP contribution in [0.15, 0.2) is 24.3 Å². The maximum Gasteiger partial charge on any atom is 0.446 e. The summed E-state index contributed by atoms with van der Waals surface area (Å²) in [6, 6.07) is 0. The minimum absolute atomic E-state index is 0.0965. The Bertz CT molecular complexity index is 511. The summed E-state index contributed by atoms with van der Waals surface area (Å²) >= 11 is 0. The first-order valence-electron chi connectivity index (χ1n) is 4.70. The van der Waals surface area contributed by atoms with Crippen molar-refractivity contribution in [2.45, 2.75) is 0 Å². The molecule has 4 amide bonds. The zero-order valence-electron chi connectivity index (χ0n) is 9.09. The van der Waals surface area contributed by atoms with Crippen LogP contribution in [0, 0.1) is 0 Å².